The van der Waals surface area contributed by atoms with E-state index in [0.29, 0.717) is 4.31 Å². The van der Waals surface area contributed by atoms with Gasteiger partial charge in [0.05, 0.1) is 10.9 Å². The molecule has 0 bridgehead atoms. The number of amides is 3. The van der Waals surface area contributed by atoms with E-state index in [-0.39, 0.29) is 54.5 Å². The van der Waals surface area contributed by atoms with Crippen molar-refractivity contribution in [1.29, 1.82) is 0 Å². The third kappa shape index (κ3) is 3.74. The number of nitrogens with one attached hydrogen (secondary N) is 1. The smallest absolute Gasteiger partial charge is 1.00 e. The molecule has 1 aromatic rings. The summed E-state index contributed by atoms with van der Waals surface area (Å²) < 4.78 is 54.3. The third-order valence-electron chi connectivity index (χ3n) is 4.06. The van der Waals surface area contributed by atoms with Crippen LogP contribution >= 0.6 is 0 Å². The number of β-lactam (4-membered cyclic amide) rings is 1. The zero-order chi connectivity index (χ0) is 18.6. The number of primary sulfonamides is 1. The number of fused-ring (bicyclic) bond motifs is 1. The molecule has 4 N–H and O–H groups in total. The number of carbonyl (C=O) groups is 2. The van der Waals surface area contributed by atoms with Crippen LogP contribution < -0.4 is 40.0 Å². The number of rotatable bonds is 3. The van der Waals surface area contributed by atoms with Gasteiger partial charge in [-0.2, -0.15) is 8.42 Å². The second kappa shape index (κ2) is 7.07. The van der Waals surface area contributed by atoms with Crippen LogP contribution in [-0.2, 0) is 25.1 Å². The van der Waals surface area contributed by atoms with Crippen molar-refractivity contribution in [2.24, 2.45) is 5.14 Å². The first-order valence-corrected chi connectivity index (χ1v) is 9.95. The molecular weight excluding hydrogens is 399 g/mol. The average molecular weight is 414 g/mol. The van der Waals surface area contributed by atoms with E-state index in [1.165, 1.54) is 18.2 Å². The Kier molecular flexibility index (Phi) is 5.73. The number of likely N-dealkylation sites (tertiary alicyclic amines) is 1. The van der Waals surface area contributed by atoms with Crippen LogP contribution in [0.1, 0.15) is 7.85 Å². The largest absolute Gasteiger partial charge is 1.00 e. The van der Waals surface area contributed by atoms with Gasteiger partial charge in [0.2, 0.25) is 10.0 Å². The van der Waals surface area contributed by atoms with Crippen molar-refractivity contribution in [3.63, 3.8) is 0 Å². The standard InChI is InChI=1S/C12H14N4O7S2.Na.H/c13-24(19,20)8-3-1-2-7(6-8)14-12(18)15-5-4-9-10(15)11(17)16(9)25(21,22)23;;/h1-3,6,9-10H,4-5H2,(H,14,18)(H2,13,19,20)(H,21,22,23);;/q;+1;-1/t9-,10+;;/m1../s1. The van der Waals surface area contributed by atoms with Gasteiger partial charge >= 0.3 is 45.9 Å². The summed E-state index contributed by atoms with van der Waals surface area (Å²) in [6, 6.07) is 2.77. The van der Waals surface area contributed by atoms with Crippen LogP contribution in [0.5, 0.6) is 0 Å². The van der Waals surface area contributed by atoms with Gasteiger partial charge in [-0.05, 0) is 24.6 Å². The van der Waals surface area contributed by atoms with Gasteiger partial charge in [-0.1, -0.05) is 6.07 Å². The van der Waals surface area contributed by atoms with Crippen LogP contribution in [0.4, 0.5) is 10.5 Å². The van der Waals surface area contributed by atoms with Crippen molar-refractivity contribution >= 4 is 38.0 Å². The summed E-state index contributed by atoms with van der Waals surface area (Å²) in [7, 11) is -8.60. The monoisotopic (exact) mass is 414 g/mol. The number of benzene rings is 1. The van der Waals surface area contributed by atoms with Crippen LogP contribution in [0.15, 0.2) is 29.2 Å². The second-order valence-electron chi connectivity index (χ2n) is 5.61. The Morgan fingerprint density at radius 1 is 1.31 bits per heavy atom. The minimum atomic E-state index is -4.65. The molecule has 2 atom stereocenters. The quantitative estimate of drug-likeness (QED) is 0.258. The van der Waals surface area contributed by atoms with Gasteiger partial charge in [-0.3, -0.25) is 9.35 Å². The van der Waals surface area contributed by atoms with E-state index >= 15 is 0 Å². The van der Waals surface area contributed by atoms with Crippen molar-refractivity contribution in [2.45, 2.75) is 23.4 Å². The molecule has 11 nitrogen and oxygen atoms in total. The number of hydrogen-bond donors (Lipinski definition) is 3. The zero-order valence-corrected chi connectivity index (χ0v) is 17.2. The van der Waals surface area contributed by atoms with E-state index in [2.05, 4.69) is 5.32 Å². The van der Waals surface area contributed by atoms with Gasteiger partial charge in [0, 0.05) is 12.2 Å². The molecule has 26 heavy (non-hydrogen) atoms. The number of sulfonamides is 1. The van der Waals surface area contributed by atoms with Gasteiger partial charge in [0.15, 0.2) is 0 Å². The van der Waals surface area contributed by atoms with Gasteiger partial charge in [-0.15, -0.1) is 0 Å². The first-order chi connectivity index (χ1) is 11.5. The number of nitrogens with zero attached hydrogens (tertiary/aromatic N) is 2. The van der Waals surface area contributed by atoms with Gasteiger partial charge in [0.1, 0.15) is 6.04 Å². The van der Waals surface area contributed by atoms with Crippen LogP contribution in [0, 0.1) is 0 Å². The number of anilines is 1. The normalized spacial score (nSPS) is 22.3. The van der Waals surface area contributed by atoms with E-state index in [1.54, 1.807) is 0 Å². The fourth-order valence-electron chi connectivity index (χ4n) is 2.99. The Labute approximate surface area is 173 Å². The van der Waals surface area contributed by atoms with E-state index in [4.69, 9.17) is 9.69 Å². The van der Waals surface area contributed by atoms with E-state index in [1.807, 2.05) is 0 Å². The minimum Gasteiger partial charge on any atom is -1.00 e. The number of carbonyl (C=O) groups excluding carboxylic acids is 2. The van der Waals surface area contributed by atoms with Gasteiger partial charge in [-0.25, -0.2) is 22.7 Å². The molecule has 2 aliphatic rings. The summed E-state index contributed by atoms with van der Waals surface area (Å²) in [6.07, 6.45) is 0.195. The van der Waals surface area contributed by atoms with Gasteiger partial charge in [0.25, 0.3) is 5.91 Å². The average Bonchev–Trinajstić information content (AvgIpc) is 2.84. The molecule has 0 radical (unpaired) electrons. The summed E-state index contributed by atoms with van der Waals surface area (Å²) >= 11 is 0. The SMILES string of the molecule is NS(=O)(=O)c1cccc(NC(=O)N2CC[C@@H]3[C@H]2C(=O)N3S(=O)(=O)O)c1.[H-].[Na+]. The number of urea groups is 1. The van der Waals surface area contributed by atoms with Crippen LogP contribution in [0.2, 0.25) is 0 Å². The van der Waals surface area contributed by atoms with Crippen molar-refractivity contribution in [2.75, 3.05) is 11.9 Å². The maximum absolute atomic E-state index is 12.3. The summed E-state index contributed by atoms with van der Waals surface area (Å²) in [4.78, 5) is 25.2. The maximum Gasteiger partial charge on any atom is 1.00 e. The second-order valence-corrected chi connectivity index (χ2v) is 8.46. The first-order valence-electron chi connectivity index (χ1n) is 7.01. The molecule has 2 saturated heterocycles. The fourth-order valence-corrected chi connectivity index (χ4v) is 4.45. The van der Waals surface area contributed by atoms with E-state index in [0.717, 1.165) is 11.0 Å². The Hall–Kier alpha value is -1.22. The third-order valence-corrected chi connectivity index (χ3v) is 5.92. The predicted octanol–water partition coefficient (Wildman–Crippen LogP) is -3.93. The topological polar surface area (TPSA) is 167 Å². The van der Waals surface area contributed by atoms with Crippen molar-refractivity contribution in [3.8, 4) is 0 Å². The summed E-state index contributed by atoms with van der Waals surface area (Å²) in [6.45, 7) is 0.105. The molecule has 0 unspecified atom stereocenters. The molecule has 2 aliphatic heterocycles. The van der Waals surface area contributed by atoms with Crippen LogP contribution in [0.25, 0.3) is 0 Å². The molecule has 2 heterocycles. The van der Waals surface area contributed by atoms with Crippen molar-refractivity contribution in [3.05, 3.63) is 24.3 Å². The predicted molar refractivity (Wildman–Crippen MR) is 85.2 cm³/mol. The molecule has 3 amide bonds. The van der Waals surface area contributed by atoms with Crippen molar-refractivity contribution < 1.29 is 62.0 Å². The molecule has 2 fully saturated rings. The summed E-state index contributed by atoms with van der Waals surface area (Å²) in [5.74, 6) is -0.890. The molecular formula is C12H15N4NaO7S2. The zero-order valence-electron chi connectivity index (χ0n) is 14.6. The Bertz CT molecular complexity index is 972. The molecule has 3 rings (SSSR count). The van der Waals surface area contributed by atoms with E-state index < -0.39 is 44.3 Å². The Morgan fingerprint density at radius 2 is 1.96 bits per heavy atom. The minimum absolute atomic E-state index is 0. The van der Waals surface area contributed by atoms with Crippen LogP contribution in [0.3, 0.4) is 0 Å². The fraction of sp³-hybridized carbons (Fsp3) is 0.333. The summed E-state index contributed by atoms with van der Waals surface area (Å²) in [5, 5.41) is 7.46. The molecule has 14 heteroatoms. The molecule has 1 aromatic carbocycles. The molecule has 138 valence electrons. The maximum atomic E-state index is 12.3. The van der Waals surface area contributed by atoms with Crippen molar-refractivity contribution in [1.82, 2.24) is 9.21 Å². The first kappa shape index (κ1) is 21.1. The Morgan fingerprint density at radius 3 is 2.54 bits per heavy atom. The summed E-state index contributed by atoms with van der Waals surface area (Å²) in [5.41, 5.74) is 0.151. The van der Waals surface area contributed by atoms with Crippen LogP contribution in [-0.4, -0.2) is 61.2 Å². The number of hydrogen-bond acceptors (Lipinski definition) is 6. The van der Waals surface area contributed by atoms with Gasteiger partial charge < -0.3 is 11.6 Å². The van der Waals surface area contributed by atoms with E-state index in [9.17, 15) is 26.4 Å². The molecule has 0 aliphatic carbocycles. The number of nitrogens with two attached hydrogens (primary N) is 1. The molecule has 0 spiro atoms. The Balaban J connectivity index is 0.00000182. The molecule has 0 aromatic heterocycles. The molecule has 0 saturated carbocycles.